The van der Waals surface area contributed by atoms with Gasteiger partial charge in [0.05, 0.1) is 13.2 Å². The summed E-state index contributed by atoms with van der Waals surface area (Å²) in [7, 11) is 3.84. The molecule has 1 aromatic rings. The van der Waals surface area contributed by atoms with E-state index in [1.807, 2.05) is 0 Å². The Balaban J connectivity index is 1.64. The standard InChI is InChI=1S/C17H28N2O2/c1-19(10-12-21-14-16-3-4-16)17-7-5-15(6-8-17)13-18-9-11-20-2/h5-8,16,18H,3-4,9-14H2,1-2H3. The van der Waals surface area contributed by atoms with Crippen LogP contribution in [0.1, 0.15) is 18.4 Å². The number of hydrogen-bond donors (Lipinski definition) is 1. The summed E-state index contributed by atoms with van der Waals surface area (Å²) in [5.41, 5.74) is 2.54. The minimum absolute atomic E-state index is 0.752. The molecule has 118 valence electrons. The Hall–Kier alpha value is -1.10. The van der Waals surface area contributed by atoms with Crippen LogP contribution >= 0.6 is 0 Å². The van der Waals surface area contributed by atoms with Crippen LogP contribution in [0.5, 0.6) is 0 Å². The first-order valence-corrected chi connectivity index (χ1v) is 7.87. The van der Waals surface area contributed by atoms with Crippen LogP contribution in [-0.2, 0) is 16.0 Å². The number of likely N-dealkylation sites (N-methyl/N-ethyl adjacent to an activating group) is 1. The van der Waals surface area contributed by atoms with E-state index in [4.69, 9.17) is 9.47 Å². The number of ether oxygens (including phenoxy) is 2. The number of nitrogens with zero attached hydrogens (tertiary/aromatic N) is 1. The van der Waals surface area contributed by atoms with Crippen molar-refractivity contribution in [2.45, 2.75) is 19.4 Å². The van der Waals surface area contributed by atoms with Gasteiger partial charge in [-0.05, 0) is 36.5 Å². The second-order valence-electron chi connectivity index (χ2n) is 5.78. The van der Waals surface area contributed by atoms with Gasteiger partial charge in [0, 0.05) is 46.1 Å². The van der Waals surface area contributed by atoms with Crippen LogP contribution in [0.15, 0.2) is 24.3 Å². The Labute approximate surface area is 128 Å². The molecule has 1 fully saturated rings. The van der Waals surface area contributed by atoms with Gasteiger partial charge in [0.25, 0.3) is 0 Å². The fourth-order valence-corrected chi connectivity index (χ4v) is 2.14. The molecule has 2 rings (SSSR count). The molecule has 21 heavy (non-hydrogen) atoms. The molecule has 0 aromatic heterocycles. The van der Waals surface area contributed by atoms with Crippen LogP contribution in [0.3, 0.4) is 0 Å². The van der Waals surface area contributed by atoms with Gasteiger partial charge in [-0.3, -0.25) is 0 Å². The Bertz CT molecular complexity index is 390. The number of benzene rings is 1. The van der Waals surface area contributed by atoms with Crippen molar-refractivity contribution >= 4 is 5.69 Å². The number of rotatable bonds is 11. The predicted molar refractivity (Wildman–Crippen MR) is 86.8 cm³/mol. The average molecular weight is 292 g/mol. The first-order chi connectivity index (χ1) is 10.3. The maximum Gasteiger partial charge on any atom is 0.0641 e. The third-order valence-electron chi connectivity index (χ3n) is 3.81. The molecule has 0 heterocycles. The molecule has 0 amide bonds. The number of nitrogens with one attached hydrogen (secondary N) is 1. The van der Waals surface area contributed by atoms with Gasteiger partial charge in [0.1, 0.15) is 0 Å². The fourth-order valence-electron chi connectivity index (χ4n) is 2.14. The van der Waals surface area contributed by atoms with Gasteiger partial charge in [-0.1, -0.05) is 12.1 Å². The van der Waals surface area contributed by atoms with Crippen LogP contribution < -0.4 is 10.2 Å². The van der Waals surface area contributed by atoms with Gasteiger partial charge < -0.3 is 19.7 Å². The summed E-state index contributed by atoms with van der Waals surface area (Å²) in [5.74, 6) is 0.847. The van der Waals surface area contributed by atoms with Gasteiger partial charge >= 0.3 is 0 Å². The third-order valence-corrected chi connectivity index (χ3v) is 3.81. The fraction of sp³-hybridized carbons (Fsp3) is 0.647. The molecule has 1 N–H and O–H groups in total. The molecule has 0 unspecified atom stereocenters. The molecular formula is C17H28N2O2. The summed E-state index contributed by atoms with van der Waals surface area (Å²) in [6.07, 6.45) is 2.71. The molecule has 0 saturated heterocycles. The molecule has 1 aromatic carbocycles. The molecule has 0 radical (unpaired) electrons. The van der Waals surface area contributed by atoms with Crippen molar-refractivity contribution in [3.63, 3.8) is 0 Å². The maximum atomic E-state index is 5.69. The molecule has 1 aliphatic carbocycles. The second-order valence-corrected chi connectivity index (χ2v) is 5.78. The van der Waals surface area contributed by atoms with Crippen molar-refractivity contribution < 1.29 is 9.47 Å². The van der Waals surface area contributed by atoms with E-state index >= 15 is 0 Å². The Morgan fingerprint density at radius 2 is 1.95 bits per heavy atom. The SMILES string of the molecule is COCCNCc1ccc(N(C)CCOCC2CC2)cc1. The van der Waals surface area contributed by atoms with Gasteiger partial charge in [-0.25, -0.2) is 0 Å². The van der Waals surface area contributed by atoms with E-state index in [2.05, 4.69) is 41.5 Å². The van der Waals surface area contributed by atoms with E-state index in [1.165, 1.54) is 24.1 Å². The van der Waals surface area contributed by atoms with Crippen molar-refractivity contribution in [3.8, 4) is 0 Å². The summed E-state index contributed by atoms with van der Waals surface area (Å²) < 4.78 is 10.7. The van der Waals surface area contributed by atoms with E-state index in [9.17, 15) is 0 Å². The molecule has 0 bridgehead atoms. The number of anilines is 1. The summed E-state index contributed by atoms with van der Waals surface area (Å²) >= 11 is 0. The highest BCUT2D eigenvalue weighted by Crippen LogP contribution is 2.28. The Morgan fingerprint density at radius 3 is 2.62 bits per heavy atom. The van der Waals surface area contributed by atoms with Crippen LogP contribution in [0.2, 0.25) is 0 Å². The van der Waals surface area contributed by atoms with Crippen molar-refractivity contribution in [1.82, 2.24) is 5.32 Å². The third kappa shape index (κ3) is 6.46. The van der Waals surface area contributed by atoms with Crippen LogP contribution in [0.25, 0.3) is 0 Å². The van der Waals surface area contributed by atoms with E-state index in [-0.39, 0.29) is 0 Å². The van der Waals surface area contributed by atoms with Crippen molar-refractivity contribution in [1.29, 1.82) is 0 Å². The minimum atomic E-state index is 0.752. The lowest BCUT2D eigenvalue weighted by molar-refractivity contribution is 0.131. The lowest BCUT2D eigenvalue weighted by atomic mass is 10.2. The predicted octanol–water partition coefficient (Wildman–Crippen LogP) is 2.29. The van der Waals surface area contributed by atoms with Gasteiger partial charge in [-0.15, -0.1) is 0 Å². The van der Waals surface area contributed by atoms with E-state index in [0.29, 0.717) is 0 Å². The van der Waals surface area contributed by atoms with E-state index in [0.717, 1.165) is 45.4 Å². The molecule has 0 aliphatic heterocycles. The molecule has 0 spiro atoms. The highest BCUT2D eigenvalue weighted by atomic mass is 16.5. The quantitative estimate of drug-likeness (QED) is 0.635. The lowest BCUT2D eigenvalue weighted by Crippen LogP contribution is -2.23. The first-order valence-electron chi connectivity index (χ1n) is 7.87. The van der Waals surface area contributed by atoms with Gasteiger partial charge in [0.15, 0.2) is 0 Å². The lowest BCUT2D eigenvalue weighted by Gasteiger charge is -2.19. The topological polar surface area (TPSA) is 33.7 Å². The number of methoxy groups -OCH3 is 1. The Morgan fingerprint density at radius 1 is 1.19 bits per heavy atom. The summed E-state index contributed by atoms with van der Waals surface area (Å²) in [4.78, 5) is 2.25. The van der Waals surface area contributed by atoms with Crippen molar-refractivity contribution in [2.24, 2.45) is 5.92 Å². The minimum Gasteiger partial charge on any atom is -0.383 e. The molecule has 4 heteroatoms. The monoisotopic (exact) mass is 292 g/mol. The summed E-state index contributed by atoms with van der Waals surface area (Å²) in [6, 6.07) is 8.70. The van der Waals surface area contributed by atoms with Gasteiger partial charge in [-0.2, -0.15) is 0 Å². The highest BCUT2D eigenvalue weighted by molar-refractivity contribution is 5.46. The molecule has 1 aliphatic rings. The van der Waals surface area contributed by atoms with E-state index < -0.39 is 0 Å². The smallest absolute Gasteiger partial charge is 0.0641 e. The normalized spacial score (nSPS) is 14.4. The van der Waals surface area contributed by atoms with Crippen molar-refractivity contribution in [2.75, 3.05) is 52.0 Å². The van der Waals surface area contributed by atoms with Crippen LogP contribution in [0, 0.1) is 5.92 Å². The van der Waals surface area contributed by atoms with Crippen LogP contribution in [0.4, 0.5) is 5.69 Å². The first kappa shape index (κ1) is 16.3. The zero-order valence-corrected chi connectivity index (χ0v) is 13.3. The molecule has 0 atom stereocenters. The van der Waals surface area contributed by atoms with Crippen molar-refractivity contribution in [3.05, 3.63) is 29.8 Å². The highest BCUT2D eigenvalue weighted by Gasteiger charge is 2.20. The summed E-state index contributed by atoms with van der Waals surface area (Å²) in [6.45, 7) is 5.22. The zero-order chi connectivity index (χ0) is 14.9. The largest absolute Gasteiger partial charge is 0.383 e. The molecule has 4 nitrogen and oxygen atoms in total. The zero-order valence-electron chi connectivity index (χ0n) is 13.3. The van der Waals surface area contributed by atoms with Gasteiger partial charge in [0.2, 0.25) is 0 Å². The Kier molecular flexibility index (Phi) is 7.00. The average Bonchev–Trinajstić information content (AvgIpc) is 3.33. The van der Waals surface area contributed by atoms with E-state index in [1.54, 1.807) is 7.11 Å². The second kappa shape index (κ2) is 9.03. The van der Waals surface area contributed by atoms with Crippen LogP contribution in [-0.4, -0.2) is 47.1 Å². The molecular weight excluding hydrogens is 264 g/mol. The summed E-state index contributed by atoms with van der Waals surface area (Å²) in [5, 5.41) is 3.35. The molecule has 1 saturated carbocycles. The maximum absolute atomic E-state index is 5.69. The number of hydrogen-bond acceptors (Lipinski definition) is 4.